The standard InChI is InChI=1S/C34H41F3N4O5/c1-4-12-41(13-5-2)32(43)25-17-24(31(39)42)18-26(19-25)33(44)46-30(21-40-20-23-9-7-11-28(15-23)45-3)29(38)16-22-8-6-10-27(14-22)34(35,36)37/h6-11,14-15,17-19,29-30,40H,4-5,12-13,16,20-21,38H2,1-3H3,(H2,39,42)/t29-,30+/m0/s1. The van der Waals surface area contributed by atoms with Crippen molar-refractivity contribution < 1.29 is 37.0 Å². The van der Waals surface area contributed by atoms with Crippen molar-refractivity contribution >= 4 is 17.8 Å². The first kappa shape index (κ1) is 36.1. The smallest absolute Gasteiger partial charge is 0.416 e. The van der Waals surface area contributed by atoms with E-state index in [1.54, 1.807) is 18.1 Å². The first-order valence-corrected chi connectivity index (χ1v) is 15.1. The summed E-state index contributed by atoms with van der Waals surface area (Å²) in [6.45, 7) is 5.23. The fourth-order valence-electron chi connectivity index (χ4n) is 4.95. The Kier molecular flexibility index (Phi) is 13.1. The number of amides is 2. The van der Waals surface area contributed by atoms with E-state index in [1.807, 2.05) is 32.0 Å². The van der Waals surface area contributed by atoms with Crippen molar-refractivity contribution in [2.45, 2.75) is 58.0 Å². The number of carbonyl (C=O) groups is 3. The highest BCUT2D eigenvalue weighted by molar-refractivity contribution is 6.03. The van der Waals surface area contributed by atoms with Gasteiger partial charge < -0.3 is 31.2 Å². The van der Waals surface area contributed by atoms with Gasteiger partial charge in [0.25, 0.3) is 5.91 Å². The molecule has 2 amide bonds. The van der Waals surface area contributed by atoms with Crippen molar-refractivity contribution in [2.24, 2.45) is 11.5 Å². The lowest BCUT2D eigenvalue weighted by atomic mass is 9.99. The molecule has 248 valence electrons. The Bertz CT molecular complexity index is 1490. The molecule has 0 saturated carbocycles. The maximum absolute atomic E-state index is 13.5. The van der Waals surface area contributed by atoms with E-state index in [-0.39, 0.29) is 35.6 Å². The molecule has 5 N–H and O–H groups in total. The number of nitrogens with one attached hydrogen (secondary N) is 1. The number of alkyl halides is 3. The molecular weight excluding hydrogens is 601 g/mol. The van der Waals surface area contributed by atoms with Gasteiger partial charge in [-0.05, 0) is 66.8 Å². The zero-order valence-corrected chi connectivity index (χ0v) is 26.2. The number of nitrogens with zero attached hydrogens (tertiary/aromatic N) is 1. The first-order valence-electron chi connectivity index (χ1n) is 15.1. The largest absolute Gasteiger partial charge is 0.497 e. The quantitative estimate of drug-likeness (QED) is 0.188. The SMILES string of the molecule is CCCN(CCC)C(=O)c1cc(C(N)=O)cc(C(=O)O[C@H](CNCc2cccc(OC)c2)[C@@H](N)Cc2cccc(C(F)(F)F)c2)c1. The second-order valence-corrected chi connectivity index (χ2v) is 10.9. The van der Waals surface area contributed by atoms with Gasteiger partial charge >= 0.3 is 12.1 Å². The summed E-state index contributed by atoms with van der Waals surface area (Å²) >= 11 is 0. The predicted molar refractivity (Wildman–Crippen MR) is 168 cm³/mol. The van der Waals surface area contributed by atoms with Crippen molar-refractivity contribution in [1.82, 2.24) is 10.2 Å². The van der Waals surface area contributed by atoms with Crippen molar-refractivity contribution in [1.29, 1.82) is 0 Å². The van der Waals surface area contributed by atoms with Crippen molar-refractivity contribution in [3.05, 3.63) is 100 Å². The third-order valence-electron chi connectivity index (χ3n) is 7.24. The highest BCUT2D eigenvalue weighted by Crippen LogP contribution is 2.30. The lowest BCUT2D eigenvalue weighted by Gasteiger charge is -2.25. The zero-order valence-electron chi connectivity index (χ0n) is 26.2. The lowest BCUT2D eigenvalue weighted by molar-refractivity contribution is -0.137. The number of primary amides is 1. The Hall–Kier alpha value is -4.42. The van der Waals surface area contributed by atoms with Crippen LogP contribution in [-0.2, 0) is 23.9 Å². The molecule has 0 fully saturated rings. The van der Waals surface area contributed by atoms with Crippen LogP contribution in [0.2, 0.25) is 0 Å². The number of benzene rings is 3. The number of carbonyl (C=O) groups excluding carboxylic acids is 3. The van der Waals surface area contributed by atoms with Crippen molar-refractivity contribution in [2.75, 3.05) is 26.7 Å². The summed E-state index contributed by atoms with van der Waals surface area (Å²) in [4.78, 5) is 40.6. The molecule has 0 aliphatic heterocycles. The van der Waals surface area contributed by atoms with E-state index in [2.05, 4.69) is 5.32 Å². The summed E-state index contributed by atoms with van der Waals surface area (Å²) in [6.07, 6.45) is -4.15. The zero-order chi connectivity index (χ0) is 33.9. The third-order valence-corrected chi connectivity index (χ3v) is 7.24. The Balaban J connectivity index is 1.89. The molecule has 3 rings (SSSR count). The molecule has 0 saturated heterocycles. The molecule has 0 aromatic heterocycles. The van der Waals surface area contributed by atoms with Gasteiger partial charge in [0.15, 0.2) is 0 Å². The molecule has 12 heteroatoms. The molecule has 0 unspecified atom stereocenters. The molecule has 0 bridgehead atoms. The molecule has 0 heterocycles. The molecular formula is C34H41F3N4O5. The van der Waals surface area contributed by atoms with Crippen LogP contribution < -0.4 is 21.5 Å². The monoisotopic (exact) mass is 642 g/mol. The molecule has 3 aromatic rings. The maximum atomic E-state index is 13.5. The molecule has 0 aliphatic rings. The van der Waals surface area contributed by atoms with Crippen LogP contribution in [0.3, 0.4) is 0 Å². The van der Waals surface area contributed by atoms with Crippen LogP contribution in [0.15, 0.2) is 66.7 Å². The normalized spacial score (nSPS) is 12.7. The van der Waals surface area contributed by atoms with Crippen LogP contribution in [0.25, 0.3) is 0 Å². The van der Waals surface area contributed by atoms with Crippen molar-refractivity contribution in [3.8, 4) is 5.75 Å². The van der Waals surface area contributed by atoms with Gasteiger partial charge in [-0.3, -0.25) is 9.59 Å². The number of hydrogen-bond acceptors (Lipinski definition) is 7. The van der Waals surface area contributed by atoms with Crippen LogP contribution in [0, 0.1) is 0 Å². The van der Waals surface area contributed by atoms with Gasteiger partial charge in [0.1, 0.15) is 11.9 Å². The Morgan fingerprint density at radius 3 is 2.15 bits per heavy atom. The predicted octanol–water partition coefficient (Wildman–Crippen LogP) is 4.96. The van der Waals surface area contributed by atoms with E-state index < -0.39 is 35.8 Å². The van der Waals surface area contributed by atoms with E-state index in [9.17, 15) is 27.6 Å². The van der Waals surface area contributed by atoms with Crippen LogP contribution in [-0.4, -0.2) is 61.6 Å². The lowest BCUT2D eigenvalue weighted by Crippen LogP contribution is -2.46. The molecule has 0 spiro atoms. The number of rotatable bonds is 16. The number of esters is 1. The van der Waals surface area contributed by atoms with Gasteiger partial charge in [-0.25, -0.2) is 4.79 Å². The van der Waals surface area contributed by atoms with Gasteiger partial charge in [0, 0.05) is 43.3 Å². The molecule has 9 nitrogen and oxygen atoms in total. The molecule has 0 aliphatic carbocycles. The van der Waals surface area contributed by atoms with Gasteiger partial charge in [-0.1, -0.05) is 44.2 Å². The number of methoxy groups -OCH3 is 1. The third kappa shape index (κ3) is 10.3. The molecule has 0 radical (unpaired) electrons. The number of halogens is 3. The number of ether oxygens (including phenoxy) is 2. The minimum absolute atomic E-state index is 0.0310. The summed E-state index contributed by atoms with van der Waals surface area (Å²) < 4.78 is 51.1. The average molecular weight is 643 g/mol. The van der Waals surface area contributed by atoms with Crippen LogP contribution >= 0.6 is 0 Å². The number of nitrogens with two attached hydrogens (primary N) is 2. The van der Waals surface area contributed by atoms with Crippen LogP contribution in [0.4, 0.5) is 13.2 Å². The summed E-state index contributed by atoms with van der Waals surface area (Å²) in [6, 6.07) is 15.1. The van der Waals surface area contributed by atoms with Gasteiger partial charge in [0.05, 0.1) is 18.2 Å². The average Bonchev–Trinajstić information content (AvgIpc) is 3.03. The minimum atomic E-state index is -4.53. The number of hydrogen-bond donors (Lipinski definition) is 3. The van der Waals surface area contributed by atoms with Crippen molar-refractivity contribution in [3.63, 3.8) is 0 Å². The van der Waals surface area contributed by atoms with Gasteiger partial charge in [-0.15, -0.1) is 0 Å². The highest BCUT2D eigenvalue weighted by Gasteiger charge is 2.31. The summed E-state index contributed by atoms with van der Waals surface area (Å²) in [5.74, 6) is -1.42. The molecule has 2 atom stereocenters. The summed E-state index contributed by atoms with van der Waals surface area (Å²) in [7, 11) is 1.55. The second-order valence-electron chi connectivity index (χ2n) is 10.9. The Labute approximate surface area is 267 Å². The summed E-state index contributed by atoms with van der Waals surface area (Å²) in [5, 5.41) is 3.19. The first-order chi connectivity index (χ1) is 21.9. The Morgan fingerprint density at radius 2 is 1.52 bits per heavy atom. The minimum Gasteiger partial charge on any atom is -0.497 e. The van der Waals surface area contributed by atoms with E-state index in [4.69, 9.17) is 20.9 Å². The second kappa shape index (κ2) is 16.8. The van der Waals surface area contributed by atoms with E-state index >= 15 is 0 Å². The molecule has 3 aromatic carbocycles. The summed E-state index contributed by atoms with van der Waals surface area (Å²) in [5.41, 5.74) is 12.3. The van der Waals surface area contributed by atoms with Gasteiger partial charge in [-0.2, -0.15) is 13.2 Å². The highest BCUT2D eigenvalue weighted by atomic mass is 19.4. The Morgan fingerprint density at radius 1 is 0.891 bits per heavy atom. The maximum Gasteiger partial charge on any atom is 0.416 e. The van der Waals surface area contributed by atoms with Gasteiger partial charge in [0.2, 0.25) is 5.91 Å². The van der Waals surface area contributed by atoms with E-state index in [1.165, 1.54) is 30.3 Å². The van der Waals surface area contributed by atoms with E-state index in [0.29, 0.717) is 43.8 Å². The topological polar surface area (TPSA) is 137 Å². The molecule has 46 heavy (non-hydrogen) atoms. The van der Waals surface area contributed by atoms with Crippen LogP contribution in [0.5, 0.6) is 5.75 Å². The van der Waals surface area contributed by atoms with E-state index in [0.717, 1.165) is 17.7 Å². The fraction of sp³-hybridized carbons (Fsp3) is 0.382. The van der Waals surface area contributed by atoms with Crippen LogP contribution in [0.1, 0.15) is 74.5 Å². The fourth-order valence-corrected chi connectivity index (χ4v) is 4.95.